The first-order valence-electron chi connectivity index (χ1n) is 16.7. The van der Waals surface area contributed by atoms with E-state index in [1.807, 2.05) is 0 Å². The van der Waals surface area contributed by atoms with Gasteiger partial charge in [-0.15, -0.1) is 0 Å². The van der Waals surface area contributed by atoms with E-state index in [4.69, 9.17) is 4.42 Å². The molecule has 49 heavy (non-hydrogen) atoms. The van der Waals surface area contributed by atoms with Gasteiger partial charge in [-0.05, 0) is 94.7 Å². The first-order chi connectivity index (χ1) is 24.3. The molecule has 10 rings (SSSR count). The third-order valence-corrected chi connectivity index (χ3v) is 9.74. The Kier molecular flexibility index (Phi) is 6.18. The number of hydrogen-bond donors (Lipinski definition) is 0. The fourth-order valence-corrected chi connectivity index (χ4v) is 7.49. The highest BCUT2D eigenvalue weighted by Gasteiger charge is 2.20. The van der Waals surface area contributed by atoms with E-state index in [1.165, 1.54) is 43.7 Å². The largest absolute Gasteiger partial charge is 0.456 e. The molecule has 3 nitrogen and oxygen atoms in total. The highest BCUT2D eigenvalue weighted by molar-refractivity contribution is 6.17. The number of hydrogen-bond acceptors (Lipinski definition) is 2. The van der Waals surface area contributed by atoms with Crippen LogP contribution in [0.25, 0.3) is 71.3 Å². The van der Waals surface area contributed by atoms with Crippen molar-refractivity contribution >= 4 is 71.6 Å². The average Bonchev–Trinajstić information content (AvgIpc) is 3.70. The molecule has 0 fully saturated rings. The lowest BCUT2D eigenvalue weighted by Crippen LogP contribution is -2.09. The van der Waals surface area contributed by atoms with Gasteiger partial charge in [0, 0.05) is 33.2 Å². The van der Waals surface area contributed by atoms with Gasteiger partial charge in [-0.2, -0.15) is 0 Å². The lowest BCUT2D eigenvalue weighted by molar-refractivity contribution is 0.669. The summed E-state index contributed by atoms with van der Waals surface area (Å²) in [5.41, 5.74) is 10.8. The van der Waals surface area contributed by atoms with Gasteiger partial charge < -0.3 is 13.9 Å². The zero-order valence-corrected chi connectivity index (χ0v) is 26.6. The van der Waals surface area contributed by atoms with E-state index in [9.17, 15) is 0 Å². The normalized spacial score (nSPS) is 11.7. The third kappa shape index (κ3) is 4.44. The molecule has 0 amide bonds. The van der Waals surface area contributed by atoms with Gasteiger partial charge in [0.15, 0.2) is 0 Å². The van der Waals surface area contributed by atoms with Crippen molar-refractivity contribution in [2.24, 2.45) is 0 Å². The molecule has 10 aromatic rings. The molecule has 3 heteroatoms. The van der Waals surface area contributed by atoms with Crippen molar-refractivity contribution in [3.63, 3.8) is 0 Å². The Morgan fingerprint density at radius 1 is 0.388 bits per heavy atom. The zero-order chi connectivity index (χ0) is 32.3. The topological polar surface area (TPSA) is 21.3 Å². The fourth-order valence-electron chi connectivity index (χ4n) is 7.49. The number of benzene rings is 8. The van der Waals surface area contributed by atoms with Gasteiger partial charge in [-0.3, -0.25) is 0 Å². The molecular formula is C46H30N2O. The van der Waals surface area contributed by atoms with Crippen LogP contribution in [0.15, 0.2) is 186 Å². The average molecular weight is 627 g/mol. The SMILES string of the molecule is c1ccc(-c2ccc(N(c3ccccc3)c3ccc4oc5cccc(-n6c7ccccc7c7cc8ccccc8cc76)c5c4c3)cc2)cc1. The molecule has 8 aromatic carbocycles. The minimum atomic E-state index is 0.866. The van der Waals surface area contributed by atoms with Crippen LogP contribution in [0, 0.1) is 0 Å². The fraction of sp³-hybridized carbons (Fsp3) is 0. The van der Waals surface area contributed by atoms with E-state index in [0.29, 0.717) is 0 Å². The van der Waals surface area contributed by atoms with Crippen molar-refractivity contribution in [3.05, 3.63) is 182 Å². The second-order valence-electron chi connectivity index (χ2n) is 12.6. The lowest BCUT2D eigenvalue weighted by Gasteiger charge is -2.25. The van der Waals surface area contributed by atoms with Crippen LogP contribution in [0.1, 0.15) is 0 Å². The summed E-state index contributed by atoms with van der Waals surface area (Å²) in [6.07, 6.45) is 0. The number of anilines is 3. The van der Waals surface area contributed by atoms with Crippen molar-refractivity contribution in [1.82, 2.24) is 4.57 Å². The van der Waals surface area contributed by atoms with Gasteiger partial charge in [0.2, 0.25) is 0 Å². The van der Waals surface area contributed by atoms with Crippen molar-refractivity contribution in [2.75, 3.05) is 4.90 Å². The standard InChI is InChI=1S/C46H30N2O/c1-3-12-31(13-4-1)32-22-24-36(25-23-32)47(35-16-5-2-6-17-35)37-26-27-44-40(30-37)46-42(20-11-21-45(46)49-44)48-41-19-10-9-18-38(41)39-28-33-14-7-8-15-34(33)29-43(39)48/h1-30H. The first-order valence-corrected chi connectivity index (χ1v) is 16.7. The highest BCUT2D eigenvalue weighted by atomic mass is 16.3. The van der Waals surface area contributed by atoms with Crippen LogP contribution in [-0.4, -0.2) is 4.57 Å². The van der Waals surface area contributed by atoms with Crippen molar-refractivity contribution < 1.29 is 4.42 Å². The Morgan fingerprint density at radius 3 is 1.86 bits per heavy atom. The smallest absolute Gasteiger partial charge is 0.137 e. The monoisotopic (exact) mass is 626 g/mol. The van der Waals surface area contributed by atoms with Crippen molar-refractivity contribution in [3.8, 4) is 16.8 Å². The lowest BCUT2D eigenvalue weighted by atomic mass is 10.0. The maximum atomic E-state index is 6.56. The summed E-state index contributed by atoms with van der Waals surface area (Å²) < 4.78 is 8.98. The molecule has 2 heterocycles. The molecule has 0 saturated heterocycles. The maximum absolute atomic E-state index is 6.56. The molecule has 0 N–H and O–H groups in total. The van der Waals surface area contributed by atoms with Crippen LogP contribution in [0.3, 0.4) is 0 Å². The Bertz CT molecular complexity index is 2810. The molecule has 0 aliphatic heterocycles. The molecule has 0 radical (unpaired) electrons. The van der Waals surface area contributed by atoms with Gasteiger partial charge in [-0.1, -0.05) is 109 Å². The maximum Gasteiger partial charge on any atom is 0.137 e. The predicted octanol–water partition coefficient (Wildman–Crippen LogP) is 13.0. The predicted molar refractivity (Wildman–Crippen MR) is 206 cm³/mol. The van der Waals surface area contributed by atoms with Crippen LogP contribution in [0.2, 0.25) is 0 Å². The molecule has 0 atom stereocenters. The summed E-state index contributed by atoms with van der Waals surface area (Å²) in [5, 5.41) is 7.13. The van der Waals surface area contributed by atoms with Crippen LogP contribution < -0.4 is 4.90 Å². The van der Waals surface area contributed by atoms with E-state index >= 15 is 0 Å². The molecular weight excluding hydrogens is 597 g/mol. The third-order valence-electron chi connectivity index (χ3n) is 9.74. The van der Waals surface area contributed by atoms with E-state index in [1.54, 1.807) is 0 Å². The zero-order valence-electron chi connectivity index (χ0n) is 26.6. The van der Waals surface area contributed by atoms with Crippen LogP contribution >= 0.6 is 0 Å². The molecule has 2 aromatic heterocycles. The van der Waals surface area contributed by atoms with E-state index < -0.39 is 0 Å². The van der Waals surface area contributed by atoms with Gasteiger partial charge >= 0.3 is 0 Å². The first kappa shape index (κ1) is 27.5. The molecule has 0 spiro atoms. The van der Waals surface area contributed by atoms with E-state index in [2.05, 4.69) is 191 Å². The minimum Gasteiger partial charge on any atom is -0.456 e. The van der Waals surface area contributed by atoms with E-state index in [0.717, 1.165) is 44.7 Å². The number of furan rings is 1. The summed E-state index contributed by atoms with van der Waals surface area (Å²) in [6, 6.07) is 64.9. The number of fused-ring (bicyclic) bond motifs is 7. The second-order valence-corrected chi connectivity index (χ2v) is 12.6. The summed E-state index contributed by atoms with van der Waals surface area (Å²) in [7, 11) is 0. The van der Waals surface area contributed by atoms with Crippen LogP contribution in [0.5, 0.6) is 0 Å². The number of aromatic nitrogens is 1. The van der Waals surface area contributed by atoms with Gasteiger partial charge in [-0.25, -0.2) is 0 Å². The minimum absolute atomic E-state index is 0.866. The molecule has 230 valence electrons. The van der Waals surface area contributed by atoms with Crippen LogP contribution in [0.4, 0.5) is 17.1 Å². The molecule has 0 unspecified atom stereocenters. The van der Waals surface area contributed by atoms with E-state index in [-0.39, 0.29) is 0 Å². The van der Waals surface area contributed by atoms with Crippen molar-refractivity contribution in [1.29, 1.82) is 0 Å². The number of nitrogens with zero attached hydrogens (tertiary/aromatic N) is 2. The number of rotatable bonds is 5. The highest BCUT2D eigenvalue weighted by Crippen LogP contribution is 2.43. The molecule has 0 aliphatic rings. The van der Waals surface area contributed by atoms with Gasteiger partial charge in [0.1, 0.15) is 11.2 Å². The van der Waals surface area contributed by atoms with Gasteiger partial charge in [0.05, 0.1) is 22.1 Å². The quantitative estimate of drug-likeness (QED) is 0.190. The summed E-state index contributed by atoms with van der Waals surface area (Å²) >= 11 is 0. The summed E-state index contributed by atoms with van der Waals surface area (Å²) in [4.78, 5) is 2.32. The Labute approximate surface area is 283 Å². The molecule has 0 saturated carbocycles. The Hall–Kier alpha value is -6.58. The molecule has 0 bridgehead atoms. The number of para-hydroxylation sites is 2. The van der Waals surface area contributed by atoms with Crippen molar-refractivity contribution in [2.45, 2.75) is 0 Å². The van der Waals surface area contributed by atoms with Crippen LogP contribution in [-0.2, 0) is 0 Å². The second kappa shape index (κ2) is 11.0. The Balaban J connectivity index is 1.20. The summed E-state index contributed by atoms with van der Waals surface area (Å²) in [5.74, 6) is 0. The van der Waals surface area contributed by atoms with Gasteiger partial charge in [0.25, 0.3) is 0 Å². The Morgan fingerprint density at radius 2 is 1.04 bits per heavy atom. The summed E-state index contributed by atoms with van der Waals surface area (Å²) in [6.45, 7) is 0. The molecule has 0 aliphatic carbocycles.